The van der Waals surface area contributed by atoms with Crippen LogP contribution in [-0.2, 0) is 6.54 Å². The molecule has 1 saturated carbocycles. The smallest absolute Gasteiger partial charge is 0.335 e. The standard InChI is InChI=1S/C16H17F3N4O/c1-23(15(24)20-14-8-12(14)16(17,18)19)9-11-7-13(22-21-11)10-5-3-2-4-6-10/h2-7,12,14H,8-9H2,1H3,(H,20,24)(H,21,22)/t12-,14-/m1/s1. The SMILES string of the molecule is CN(Cc1cc(-c2ccccc2)n[nH]1)C(=O)N[C@@H]1C[C@H]1C(F)(F)F. The molecule has 2 atom stereocenters. The fraction of sp³-hybridized carbons (Fsp3) is 0.375. The van der Waals surface area contributed by atoms with Crippen LogP contribution in [0.1, 0.15) is 12.1 Å². The maximum atomic E-state index is 12.5. The monoisotopic (exact) mass is 338 g/mol. The Morgan fingerprint density at radius 1 is 1.38 bits per heavy atom. The van der Waals surface area contributed by atoms with Gasteiger partial charge in [-0.25, -0.2) is 4.79 Å². The van der Waals surface area contributed by atoms with Gasteiger partial charge in [0.25, 0.3) is 0 Å². The molecule has 128 valence electrons. The van der Waals surface area contributed by atoms with Crippen LogP contribution in [0, 0.1) is 5.92 Å². The van der Waals surface area contributed by atoms with E-state index in [1.165, 1.54) is 11.9 Å². The van der Waals surface area contributed by atoms with E-state index in [4.69, 9.17) is 0 Å². The molecule has 24 heavy (non-hydrogen) atoms. The highest BCUT2D eigenvalue weighted by Crippen LogP contribution is 2.44. The number of halogens is 3. The van der Waals surface area contributed by atoms with Crippen molar-refractivity contribution in [1.29, 1.82) is 0 Å². The van der Waals surface area contributed by atoms with E-state index in [1.54, 1.807) is 0 Å². The van der Waals surface area contributed by atoms with E-state index in [1.807, 2.05) is 36.4 Å². The number of aromatic nitrogens is 2. The lowest BCUT2D eigenvalue weighted by Crippen LogP contribution is -2.39. The first-order chi connectivity index (χ1) is 11.3. The molecule has 3 rings (SSSR count). The van der Waals surface area contributed by atoms with Crippen LogP contribution in [-0.4, -0.2) is 40.4 Å². The molecule has 5 nitrogen and oxygen atoms in total. The second-order valence-corrected chi connectivity index (χ2v) is 5.94. The van der Waals surface area contributed by atoms with Gasteiger partial charge in [-0.1, -0.05) is 30.3 Å². The maximum Gasteiger partial charge on any atom is 0.393 e. The summed E-state index contributed by atoms with van der Waals surface area (Å²) in [5, 5.41) is 9.43. The van der Waals surface area contributed by atoms with Gasteiger partial charge >= 0.3 is 12.2 Å². The van der Waals surface area contributed by atoms with E-state index in [0.29, 0.717) is 5.69 Å². The van der Waals surface area contributed by atoms with Gasteiger partial charge in [-0.15, -0.1) is 0 Å². The molecule has 0 unspecified atom stereocenters. The molecular weight excluding hydrogens is 321 g/mol. The van der Waals surface area contributed by atoms with E-state index >= 15 is 0 Å². The fourth-order valence-electron chi connectivity index (χ4n) is 2.51. The normalized spacial score (nSPS) is 19.8. The van der Waals surface area contributed by atoms with Crippen molar-refractivity contribution in [3.63, 3.8) is 0 Å². The van der Waals surface area contributed by atoms with Crippen LogP contribution >= 0.6 is 0 Å². The Morgan fingerprint density at radius 2 is 2.08 bits per heavy atom. The Bertz CT molecular complexity index is 714. The Balaban J connectivity index is 1.55. The molecule has 0 radical (unpaired) electrons. The molecule has 1 fully saturated rings. The molecule has 8 heteroatoms. The van der Waals surface area contributed by atoms with Crippen molar-refractivity contribution in [2.24, 2.45) is 5.92 Å². The molecule has 1 aromatic heterocycles. The zero-order chi connectivity index (χ0) is 17.3. The number of alkyl halides is 3. The molecule has 0 saturated heterocycles. The van der Waals surface area contributed by atoms with Crippen molar-refractivity contribution >= 4 is 6.03 Å². The largest absolute Gasteiger partial charge is 0.393 e. The second-order valence-electron chi connectivity index (χ2n) is 5.94. The summed E-state index contributed by atoms with van der Waals surface area (Å²) >= 11 is 0. The van der Waals surface area contributed by atoms with Gasteiger partial charge in [0.05, 0.1) is 23.9 Å². The number of amides is 2. The predicted octanol–water partition coefficient (Wildman–Crippen LogP) is 3.17. The summed E-state index contributed by atoms with van der Waals surface area (Å²) in [6, 6.07) is 10.0. The lowest BCUT2D eigenvalue weighted by Gasteiger charge is -2.17. The quantitative estimate of drug-likeness (QED) is 0.899. The number of carbonyl (C=O) groups is 1. The molecule has 1 heterocycles. The second kappa shape index (κ2) is 6.18. The number of rotatable bonds is 4. The minimum atomic E-state index is -4.25. The van der Waals surface area contributed by atoms with Crippen LogP contribution in [0.5, 0.6) is 0 Å². The number of H-pyrrole nitrogens is 1. The van der Waals surface area contributed by atoms with Gasteiger partial charge in [-0.2, -0.15) is 18.3 Å². The van der Waals surface area contributed by atoms with Crippen LogP contribution in [0.15, 0.2) is 36.4 Å². The lowest BCUT2D eigenvalue weighted by atomic mass is 10.1. The van der Waals surface area contributed by atoms with Gasteiger partial charge in [0.2, 0.25) is 0 Å². The van der Waals surface area contributed by atoms with E-state index in [-0.39, 0.29) is 13.0 Å². The average Bonchev–Trinajstić information content (AvgIpc) is 3.17. The summed E-state index contributed by atoms with van der Waals surface area (Å²) in [4.78, 5) is 13.3. The molecule has 1 aliphatic rings. The van der Waals surface area contributed by atoms with Crippen LogP contribution in [0.25, 0.3) is 11.3 Å². The average molecular weight is 338 g/mol. The predicted molar refractivity (Wildman–Crippen MR) is 82.0 cm³/mol. The summed E-state index contributed by atoms with van der Waals surface area (Å²) in [6.07, 6.45) is -4.30. The van der Waals surface area contributed by atoms with Crippen LogP contribution in [0.4, 0.5) is 18.0 Å². The van der Waals surface area contributed by atoms with Crippen molar-refractivity contribution < 1.29 is 18.0 Å². The first-order valence-electron chi connectivity index (χ1n) is 7.52. The third-order valence-corrected chi connectivity index (χ3v) is 3.97. The Hall–Kier alpha value is -2.51. The maximum absolute atomic E-state index is 12.5. The van der Waals surface area contributed by atoms with Gasteiger partial charge in [-0.05, 0) is 12.5 Å². The molecule has 2 amide bonds. The van der Waals surface area contributed by atoms with Gasteiger partial charge in [0.1, 0.15) is 0 Å². The third-order valence-electron chi connectivity index (χ3n) is 3.97. The molecule has 0 aliphatic heterocycles. The Labute approximate surface area is 136 Å². The van der Waals surface area contributed by atoms with Crippen LogP contribution in [0.3, 0.4) is 0 Å². The van der Waals surface area contributed by atoms with E-state index in [2.05, 4.69) is 15.5 Å². The molecular formula is C16H17F3N4O. The summed E-state index contributed by atoms with van der Waals surface area (Å²) in [5.41, 5.74) is 2.39. The number of carbonyl (C=O) groups excluding carboxylic acids is 1. The van der Waals surface area contributed by atoms with E-state index < -0.39 is 24.2 Å². The van der Waals surface area contributed by atoms with Gasteiger partial charge < -0.3 is 10.2 Å². The fourth-order valence-corrected chi connectivity index (χ4v) is 2.51. The minimum Gasteiger partial charge on any atom is -0.335 e. The number of hydrogen-bond donors (Lipinski definition) is 2. The highest BCUT2D eigenvalue weighted by atomic mass is 19.4. The van der Waals surface area contributed by atoms with Crippen molar-refractivity contribution in [2.45, 2.75) is 25.2 Å². The summed E-state index contributed by atoms with van der Waals surface area (Å²) in [5.74, 6) is -1.42. The molecule has 1 aliphatic carbocycles. The van der Waals surface area contributed by atoms with E-state index in [9.17, 15) is 18.0 Å². The van der Waals surface area contributed by atoms with Gasteiger partial charge in [-0.3, -0.25) is 5.10 Å². The van der Waals surface area contributed by atoms with Crippen molar-refractivity contribution in [2.75, 3.05) is 7.05 Å². The number of hydrogen-bond acceptors (Lipinski definition) is 2. The first kappa shape index (κ1) is 16.4. The van der Waals surface area contributed by atoms with Gasteiger partial charge in [0, 0.05) is 18.7 Å². The van der Waals surface area contributed by atoms with Crippen LogP contribution < -0.4 is 5.32 Å². The van der Waals surface area contributed by atoms with Crippen LogP contribution in [0.2, 0.25) is 0 Å². The summed E-state index contributed by atoms with van der Waals surface area (Å²) < 4.78 is 37.4. The Kier molecular flexibility index (Phi) is 4.21. The lowest BCUT2D eigenvalue weighted by molar-refractivity contribution is -0.148. The van der Waals surface area contributed by atoms with Crippen molar-refractivity contribution in [1.82, 2.24) is 20.4 Å². The minimum absolute atomic E-state index is 0.0503. The number of aromatic amines is 1. The van der Waals surface area contributed by atoms with Gasteiger partial charge in [0.15, 0.2) is 0 Å². The summed E-state index contributed by atoms with van der Waals surface area (Å²) in [7, 11) is 1.53. The number of urea groups is 1. The number of benzene rings is 1. The highest BCUT2D eigenvalue weighted by Gasteiger charge is 2.56. The number of nitrogens with one attached hydrogen (secondary N) is 2. The zero-order valence-corrected chi connectivity index (χ0v) is 13.0. The van der Waals surface area contributed by atoms with Crippen molar-refractivity contribution in [3.05, 3.63) is 42.1 Å². The molecule has 2 aromatic rings. The van der Waals surface area contributed by atoms with E-state index in [0.717, 1.165) is 11.3 Å². The topological polar surface area (TPSA) is 61.0 Å². The molecule has 1 aromatic carbocycles. The number of nitrogens with zero attached hydrogens (tertiary/aromatic N) is 2. The first-order valence-corrected chi connectivity index (χ1v) is 7.52. The third kappa shape index (κ3) is 3.69. The Morgan fingerprint density at radius 3 is 2.71 bits per heavy atom. The summed E-state index contributed by atoms with van der Waals surface area (Å²) in [6.45, 7) is 0.231. The molecule has 2 N–H and O–H groups in total. The highest BCUT2D eigenvalue weighted by molar-refractivity contribution is 5.74. The molecule has 0 bridgehead atoms. The van der Waals surface area contributed by atoms with Crippen molar-refractivity contribution in [3.8, 4) is 11.3 Å². The zero-order valence-electron chi connectivity index (χ0n) is 13.0. The molecule has 0 spiro atoms.